The van der Waals surface area contributed by atoms with Crippen molar-refractivity contribution in [2.45, 2.75) is 45.7 Å². The van der Waals surface area contributed by atoms with Crippen LogP contribution < -0.4 is 10.6 Å². The maximum atomic E-state index is 5.53. The van der Waals surface area contributed by atoms with Gasteiger partial charge in [0.2, 0.25) is 5.89 Å². The number of ether oxygens (including phenoxy) is 1. The molecule has 0 radical (unpaired) electrons. The third-order valence-electron chi connectivity index (χ3n) is 3.29. The average molecular weight is 268 g/mol. The average Bonchev–Trinajstić information content (AvgIpc) is 3.10. The van der Waals surface area contributed by atoms with E-state index < -0.39 is 0 Å². The fraction of sp³-hybridized carbons (Fsp3) is 0.846. The SMILES string of the molecule is COCCC(C)(C)CNc1nnc(CNC2CC2)o1. The van der Waals surface area contributed by atoms with Crippen LogP contribution in [0.2, 0.25) is 0 Å². The van der Waals surface area contributed by atoms with Crippen LogP contribution in [0.1, 0.15) is 39.0 Å². The molecule has 0 bridgehead atoms. The molecule has 6 nitrogen and oxygen atoms in total. The van der Waals surface area contributed by atoms with E-state index >= 15 is 0 Å². The van der Waals surface area contributed by atoms with E-state index in [9.17, 15) is 0 Å². The highest BCUT2D eigenvalue weighted by atomic mass is 16.5. The molecule has 1 aliphatic rings. The Morgan fingerprint density at radius 2 is 2.16 bits per heavy atom. The zero-order chi connectivity index (χ0) is 13.7. The van der Waals surface area contributed by atoms with Crippen molar-refractivity contribution in [3.63, 3.8) is 0 Å². The summed E-state index contributed by atoms with van der Waals surface area (Å²) in [6, 6.07) is 1.15. The van der Waals surface area contributed by atoms with E-state index in [1.807, 2.05) is 0 Å². The van der Waals surface area contributed by atoms with Crippen LogP contribution in [0.25, 0.3) is 0 Å². The Bertz CT molecular complexity index is 388. The number of hydrogen-bond donors (Lipinski definition) is 2. The molecule has 2 rings (SSSR count). The van der Waals surface area contributed by atoms with E-state index in [1.54, 1.807) is 7.11 Å². The molecule has 1 aliphatic carbocycles. The molecular formula is C13H24N4O2. The van der Waals surface area contributed by atoms with Crippen LogP contribution in [0, 0.1) is 5.41 Å². The first-order valence-electron chi connectivity index (χ1n) is 6.88. The third-order valence-corrected chi connectivity index (χ3v) is 3.29. The van der Waals surface area contributed by atoms with Gasteiger partial charge in [-0.2, -0.15) is 0 Å². The minimum atomic E-state index is 0.136. The van der Waals surface area contributed by atoms with Crippen LogP contribution in [-0.2, 0) is 11.3 Å². The summed E-state index contributed by atoms with van der Waals surface area (Å²) in [5, 5.41) is 14.6. The molecule has 1 heterocycles. The predicted molar refractivity (Wildman–Crippen MR) is 72.9 cm³/mol. The van der Waals surface area contributed by atoms with Crippen LogP contribution in [-0.4, -0.2) is 36.5 Å². The van der Waals surface area contributed by atoms with E-state index in [4.69, 9.17) is 9.15 Å². The fourth-order valence-corrected chi connectivity index (χ4v) is 1.70. The van der Waals surface area contributed by atoms with Gasteiger partial charge in [-0.05, 0) is 24.7 Å². The summed E-state index contributed by atoms with van der Waals surface area (Å²) < 4.78 is 10.6. The number of hydrogen-bond acceptors (Lipinski definition) is 6. The molecule has 6 heteroatoms. The van der Waals surface area contributed by atoms with Crippen LogP contribution in [0.3, 0.4) is 0 Å². The topological polar surface area (TPSA) is 72.2 Å². The van der Waals surface area contributed by atoms with E-state index in [0.717, 1.165) is 19.6 Å². The molecule has 0 atom stereocenters. The van der Waals surface area contributed by atoms with Gasteiger partial charge >= 0.3 is 6.01 Å². The molecule has 0 spiro atoms. The molecule has 1 saturated carbocycles. The number of aromatic nitrogens is 2. The van der Waals surface area contributed by atoms with Crippen molar-refractivity contribution >= 4 is 6.01 Å². The normalized spacial score (nSPS) is 15.7. The second-order valence-electron chi connectivity index (χ2n) is 5.92. The first kappa shape index (κ1) is 14.3. The van der Waals surface area contributed by atoms with Crippen molar-refractivity contribution < 1.29 is 9.15 Å². The molecule has 0 unspecified atom stereocenters. The van der Waals surface area contributed by atoms with Crippen molar-refractivity contribution in [2.24, 2.45) is 5.41 Å². The second-order valence-corrected chi connectivity index (χ2v) is 5.92. The number of nitrogens with one attached hydrogen (secondary N) is 2. The van der Waals surface area contributed by atoms with Gasteiger partial charge in [-0.15, -0.1) is 5.10 Å². The van der Waals surface area contributed by atoms with E-state index in [2.05, 4.69) is 34.7 Å². The van der Waals surface area contributed by atoms with Gasteiger partial charge in [0, 0.05) is 26.3 Å². The quantitative estimate of drug-likeness (QED) is 0.711. The number of methoxy groups -OCH3 is 1. The van der Waals surface area contributed by atoms with Crippen molar-refractivity contribution in [3.8, 4) is 0 Å². The molecule has 108 valence electrons. The Labute approximate surface area is 114 Å². The Morgan fingerprint density at radius 1 is 1.37 bits per heavy atom. The zero-order valence-electron chi connectivity index (χ0n) is 12.0. The minimum Gasteiger partial charge on any atom is -0.407 e. The standard InChI is InChI=1S/C13H24N4O2/c1-13(2,6-7-18-3)9-15-12-17-16-11(19-12)8-14-10-4-5-10/h10,14H,4-9H2,1-3H3,(H,15,17). The summed E-state index contributed by atoms with van der Waals surface area (Å²) in [7, 11) is 1.72. The third kappa shape index (κ3) is 5.16. The van der Waals surface area contributed by atoms with Gasteiger partial charge in [-0.1, -0.05) is 18.9 Å². The fourth-order valence-electron chi connectivity index (χ4n) is 1.70. The Morgan fingerprint density at radius 3 is 2.84 bits per heavy atom. The maximum absolute atomic E-state index is 5.53. The Hall–Kier alpha value is -1.14. The molecule has 0 aromatic carbocycles. The molecular weight excluding hydrogens is 244 g/mol. The first-order valence-corrected chi connectivity index (χ1v) is 6.88. The van der Waals surface area contributed by atoms with Gasteiger partial charge in [-0.3, -0.25) is 0 Å². The van der Waals surface area contributed by atoms with Gasteiger partial charge in [-0.25, -0.2) is 0 Å². The van der Waals surface area contributed by atoms with Crippen LogP contribution in [0.15, 0.2) is 4.42 Å². The van der Waals surface area contributed by atoms with Crippen LogP contribution in [0.5, 0.6) is 0 Å². The molecule has 1 aromatic heterocycles. The van der Waals surface area contributed by atoms with E-state index in [0.29, 0.717) is 24.5 Å². The summed E-state index contributed by atoms with van der Waals surface area (Å²) in [6.07, 6.45) is 3.50. The first-order chi connectivity index (χ1) is 9.09. The second kappa shape index (κ2) is 6.34. The lowest BCUT2D eigenvalue weighted by atomic mass is 9.90. The molecule has 1 fully saturated rings. The van der Waals surface area contributed by atoms with Crippen molar-refractivity contribution in [2.75, 3.05) is 25.6 Å². The highest BCUT2D eigenvalue weighted by Gasteiger charge is 2.21. The van der Waals surface area contributed by atoms with Gasteiger partial charge in [0.25, 0.3) is 0 Å². The van der Waals surface area contributed by atoms with E-state index in [1.165, 1.54) is 12.8 Å². The van der Waals surface area contributed by atoms with Gasteiger partial charge in [0.05, 0.1) is 6.54 Å². The zero-order valence-corrected chi connectivity index (χ0v) is 12.0. The lowest BCUT2D eigenvalue weighted by Crippen LogP contribution is -2.24. The number of anilines is 1. The van der Waals surface area contributed by atoms with Gasteiger partial charge in [0.1, 0.15) is 0 Å². The summed E-state index contributed by atoms with van der Waals surface area (Å²) >= 11 is 0. The van der Waals surface area contributed by atoms with Crippen molar-refractivity contribution in [3.05, 3.63) is 5.89 Å². The highest BCUT2D eigenvalue weighted by molar-refractivity contribution is 5.17. The largest absolute Gasteiger partial charge is 0.407 e. The molecule has 0 saturated heterocycles. The summed E-state index contributed by atoms with van der Waals surface area (Å²) in [6.45, 7) is 6.57. The lowest BCUT2D eigenvalue weighted by molar-refractivity contribution is 0.156. The lowest BCUT2D eigenvalue weighted by Gasteiger charge is -2.23. The van der Waals surface area contributed by atoms with Gasteiger partial charge < -0.3 is 19.8 Å². The smallest absolute Gasteiger partial charge is 0.315 e. The van der Waals surface area contributed by atoms with Crippen LogP contribution in [0.4, 0.5) is 6.01 Å². The molecule has 1 aromatic rings. The summed E-state index contributed by atoms with van der Waals surface area (Å²) in [4.78, 5) is 0. The molecule has 0 aliphatic heterocycles. The monoisotopic (exact) mass is 268 g/mol. The van der Waals surface area contributed by atoms with Gasteiger partial charge in [0.15, 0.2) is 0 Å². The minimum absolute atomic E-state index is 0.136. The maximum Gasteiger partial charge on any atom is 0.315 e. The van der Waals surface area contributed by atoms with E-state index in [-0.39, 0.29) is 5.41 Å². The molecule has 0 amide bonds. The Balaban J connectivity index is 1.72. The Kier molecular flexibility index (Phi) is 4.76. The summed E-state index contributed by atoms with van der Waals surface area (Å²) in [5.74, 6) is 0.643. The number of nitrogens with zero attached hydrogens (tertiary/aromatic N) is 2. The van der Waals surface area contributed by atoms with Crippen molar-refractivity contribution in [1.82, 2.24) is 15.5 Å². The number of rotatable bonds is 9. The molecule has 2 N–H and O–H groups in total. The van der Waals surface area contributed by atoms with Crippen LogP contribution >= 0.6 is 0 Å². The molecule has 19 heavy (non-hydrogen) atoms. The highest BCUT2D eigenvalue weighted by Crippen LogP contribution is 2.21. The predicted octanol–water partition coefficient (Wildman–Crippen LogP) is 1.80. The van der Waals surface area contributed by atoms with Crippen molar-refractivity contribution in [1.29, 1.82) is 0 Å². The summed E-state index contributed by atoms with van der Waals surface area (Å²) in [5.41, 5.74) is 0.136.